The minimum absolute atomic E-state index is 0.0523. The van der Waals surface area contributed by atoms with E-state index >= 15 is 0 Å². The molecule has 1 aromatic carbocycles. The first-order chi connectivity index (χ1) is 10.6. The number of nitrogens with one attached hydrogen (secondary N) is 1. The van der Waals surface area contributed by atoms with Crippen molar-refractivity contribution in [3.63, 3.8) is 0 Å². The molecule has 4 amide bonds. The highest BCUT2D eigenvalue weighted by molar-refractivity contribution is 7.10. The van der Waals surface area contributed by atoms with Crippen molar-refractivity contribution < 1.29 is 14.4 Å². The molecule has 0 saturated carbocycles. The summed E-state index contributed by atoms with van der Waals surface area (Å²) in [6.07, 6.45) is 1.50. The van der Waals surface area contributed by atoms with Crippen molar-refractivity contribution in [1.29, 1.82) is 0 Å². The van der Waals surface area contributed by atoms with E-state index in [0.717, 1.165) is 15.3 Å². The van der Waals surface area contributed by atoms with Gasteiger partial charge in [0.15, 0.2) is 0 Å². The summed E-state index contributed by atoms with van der Waals surface area (Å²) in [6, 6.07) is 9.88. The second-order valence-electron chi connectivity index (χ2n) is 4.81. The fraction of sp³-hybridized carbons (Fsp3) is 0.0625. The number of barbiturate groups is 1. The van der Waals surface area contributed by atoms with Crippen LogP contribution >= 0.6 is 11.3 Å². The summed E-state index contributed by atoms with van der Waals surface area (Å²) in [5.41, 5.74) is 1.30. The minimum atomic E-state index is -0.732. The molecule has 6 heteroatoms. The van der Waals surface area contributed by atoms with E-state index in [1.165, 1.54) is 17.4 Å². The number of hydrogen-bond donors (Lipinski definition) is 1. The zero-order valence-electron chi connectivity index (χ0n) is 11.7. The zero-order chi connectivity index (χ0) is 15.7. The van der Waals surface area contributed by atoms with Crippen LogP contribution in [0.1, 0.15) is 10.4 Å². The summed E-state index contributed by atoms with van der Waals surface area (Å²) >= 11 is 1.41. The fourth-order valence-electron chi connectivity index (χ4n) is 2.17. The van der Waals surface area contributed by atoms with E-state index < -0.39 is 17.8 Å². The van der Waals surface area contributed by atoms with Crippen LogP contribution in [-0.2, 0) is 9.59 Å². The molecular weight excluding hydrogens is 300 g/mol. The van der Waals surface area contributed by atoms with E-state index in [1.807, 2.05) is 24.4 Å². The first-order valence-corrected chi connectivity index (χ1v) is 7.46. The third kappa shape index (κ3) is 2.56. The Hall–Kier alpha value is -2.73. The zero-order valence-corrected chi connectivity index (χ0v) is 12.5. The number of hydrogen-bond acceptors (Lipinski definition) is 4. The number of nitrogens with zero attached hydrogens (tertiary/aromatic N) is 1. The smallest absolute Gasteiger partial charge is 0.273 e. The molecule has 1 aliphatic heterocycles. The van der Waals surface area contributed by atoms with Crippen LogP contribution in [0.5, 0.6) is 0 Å². The Kier molecular flexibility index (Phi) is 3.60. The van der Waals surface area contributed by atoms with Crippen molar-refractivity contribution in [2.75, 3.05) is 4.90 Å². The highest BCUT2D eigenvalue weighted by atomic mass is 32.1. The lowest BCUT2D eigenvalue weighted by Gasteiger charge is -2.26. The van der Waals surface area contributed by atoms with E-state index in [-0.39, 0.29) is 5.57 Å². The maximum atomic E-state index is 12.6. The van der Waals surface area contributed by atoms with E-state index in [0.29, 0.717) is 5.69 Å². The highest BCUT2D eigenvalue weighted by Crippen LogP contribution is 2.23. The molecule has 1 aromatic heterocycles. The van der Waals surface area contributed by atoms with Crippen LogP contribution in [0.15, 0.2) is 47.4 Å². The number of aryl methyl sites for hydroxylation is 1. The summed E-state index contributed by atoms with van der Waals surface area (Å²) in [5.74, 6) is -1.29. The maximum Gasteiger partial charge on any atom is 0.335 e. The topological polar surface area (TPSA) is 66.5 Å². The number of rotatable bonds is 2. The molecule has 1 aliphatic rings. The van der Waals surface area contributed by atoms with Crippen LogP contribution in [0.3, 0.4) is 0 Å². The van der Waals surface area contributed by atoms with Gasteiger partial charge in [0, 0.05) is 4.88 Å². The molecule has 5 nitrogen and oxygen atoms in total. The van der Waals surface area contributed by atoms with Gasteiger partial charge in [-0.1, -0.05) is 18.2 Å². The van der Waals surface area contributed by atoms with Gasteiger partial charge in [0.1, 0.15) is 5.57 Å². The number of amides is 4. The highest BCUT2D eigenvalue weighted by Gasteiger charge is 2.36. The quantitative estimate of drug-likeness (QED) is 0.685. The molecular formula is C16H12N2O3S. The molecule has 0 radical (unpaired) electrons. The Morgan fingerprint density at radius 2 is 1.95 bits per heavy atom. The predicted molar refractivity (Wildman–Crippen MR) is 84.5 cm³/mol. The van der Waals surface area contributed by atoms with Crippen LogP contribution in [0, 0.1) is 6.92 Å². The summed E-state index contributed by atoms with van der Waals surface area (Å²) in [6.45, 7) is 1.86. The Labute approximate surface area is 130 Å². The Morgan fingerprint density at radius 1 is 1.14 bits per heavy atom. The van der Waals surface area contributed by atoms with Crippen molar-refractivity contribution in [1.82, 2.24) is 5.32 Å². The summed E-state index contributed by atoms with van der Waals surface area (Å²) < 4.78 is 0. The largest absolute Gasteiger partial charge is 0.335 e. The number of carbonyl (C=O) groups is 3. The van der Waals surface area contributed by atoms with E-state index in [1.54, 1.807) is 24.3 Å². The van der Waals surface area contributed by atoms with Crippen molar-refractivity contribution in [3.8, 4) is 0 Å². The third-order valence-corrected chi connectivity index (χ3v) is 4.01. The molecule has 2 aromatic rings. The van der Waals surface area contributed by atoms with Gasteiger partial charge in [-0.3, -0.25) is 14.9 Å². The maximum absolute atomic E-state index is 12.6. The lowest BCUT2D eigenvalue weighted by atomic mass is 10.1. The molecule has 2 heterocycles. The minimum Gasteiger partial charge on any atom is -0.273 e. The van der Waals surface area contributed by atoms with Gasteiger partial charge in [0.05, 0.1) is 5.69 Å². The molecule has 3 rings (SSSR count). The van der Waals surface area contributed by atoms with E-state index in [4.69, 9.17) is 0 Å². The van der Waals surface area contributed by atoms with Crippen LogP contribution in [0.25, 0.3) is 6.08 Å². The molecule has 0 spiro atoms. The average molecular weight is 312 g/mol. The molecule has 0 bridgehead atoms. The van der Waals surface area contributed by atoms with E-state index in [9.17, 15) is 14.4 Å². The number of carbonyl (C=O) groups excluding carboxylic acids is 3. The lowest BCUT2D eigenvalue weighted by Crippen LogP contribution is -2.54. The molecule has 1 saturated heterocycles. The SMILES string of the molecule is Cc1cccc(N2C(=O)NC(=O)C(=Cc3cccs3)C2=O)c1. The summed E-state index contributed by atoms with van der Waals surface area (Å²) in [4.78, 5) is 38.3. The van der Waals surface area contributed by atoms with Crippen LogP contribution in [0.2, 0.25) is 0 Å². The van der Waals surface area contributed by atoms with Crippen LogP contribution in [-0.4, -0.2) is 17.8 Å². The summed E-state index contributed by atoms with van der Waals surface area (Å²) in [5, 5.41) is 4.05. The molecule has 0 unspecified atom stereocenters. The Balaban J connectivity index is 2.03. The van der Waals surface area contributed by atoms with Crippen molar-refractivity contribution in [2.45, 2.75) is 6.92 Å². The molecule has 110 valence electrons. The average Bonchev–Trinajstić information content (AvgIpc) is 2.96. The Morgan fingerprint density at radius 3 is 2.64 bits per heavy atom. The number of imide groups is 2. The summed E-state index contributed by atoms with van der Waals surface area (Å²) in [7, 11) is 0. The van der Waals surface area contributed by atoms with Crippen LogP contribution < -0.4 is 10.2 Å². The van der Waals surface area contributed by atoms with Gasteiger partial charge >= 0.3 is 6.03 Å². The monoisotopic (exact) mass is 312 g/mol. The number of thiophene rings is 1. The van der Waals surface area contributed by atoms with Crippen LogP contribution in [0.4, 0.5) is 10.5 Å². The predicted octanol–water partition coefficient (Wildman–Crippen LogP) is 2.72. The Bertz CT molecular complexity index is 793. The molecule has 0 aliphatic carbocycles. The second-order valence-corrected chi connectivity index (χ2v) is 5.79. The number of urea groups is 1. The van der Waals surface area contributed by atoms with Crippen molar-refractivity contribution >= 4 is 40.9 Å². The number of anilines is 1. The molecule has 1 N–H and O–H groups in total. The lowest BCUT2D eigenvalue weighted by molar-refractivity contribution is -0.122. The standard InChI is InChI=1S/C16H12N2O3S/c1-10-4-2-5-11(8-10)18-15(20)13(14(19)17-16(18)21)9-12-6-3-7-22-12/h2-9H,1H3,(H,17,19,21). The molecule has 22 heavy (non-hydrogen) atoms. The fourth-order valence-corrected chi connectivity index (χ4v) is 2.83. The second kappa shape index (κ2) is 5.57. The first kappa shape index (κ1) is 14.2. The number of benzene rings is 1. The van der Waals surface area contributed by atoms with Crippen molar-refractivity contribution in [3.05, 3.63) is 57.8 Å². The van der Waals surface area contributed by atoms with Gasteiger partial charge in [0.25, 0.3) is 11.8 Å². The van der Waals surface area contributed by atoms with Gasteiger partial charge < -0.3 is 0 Å². The third-order valence-electron chi connectivity index (χ3n) is 3.19. The van der Waals surface area contributed by atoms with Crippen molar-refractivity contribution in [2.24, 2.45) is 0 Å². The van der Waals surface area contributed by atoms with Gasteiger partial charge in [-0.2, -0.15) is 0 Å². The van der Waals surface area contributed by atoms with Gasteiger partial charge in [-0.25, -0.2) is 9.69 Å². The van der Waals surface area contributed by atoms with E-state index in [2.05, 4.69) is 5.32 Å². The van der Waals surface area contributed by atoms with Gasteiger partial charge in [-0.05, 0) is 42.1 Å². The first-order valence-electron chi connectivity index (χ1n) is 6.58. The molecule has 1 fully saturated rings. The normalized spacial score (nSPS) is 17.0. The van der Waals surface area contributed by atoms with Gasteiger partial charge in [-0.15, -0.1) is 11.3 Å². The molecule has 0 atom stereocenters. The van der Waals surface area contributed by atoms with Gasteiger partial charge in [0.2, 0.25) is 0 Å².